The largest absolute Gasteiger partial charge is 0.341 e. The van der Waals surface area contributed by atoms with Crippen LogP contribution in [0.25, 0.3) is 0 Å². The molecule has 1 aromatic rings. The quantitative estimate of drug-likeness (QED) is 0.743. The Morgan fingerprint density at radius 2 is 2.00 bits per heavy atom. The molecule has 0 aromatic carbocycles. The van der Waals surface area contributed by atoms with Gasteiger partial charge in [0.25, 0.3) is 5.56 Å². The molecule has 0 bridgehead atoms. The number of nitrogens with zero attached hydrogens (tertiary/aromatic N) is 3. The molecule has 0 aliphatic rings. The Hall–Kier alpha value is -1.89. The highest BCUT2D eigenvalue weighted by Crippen LogP contribution is 2.03. The van der Waals surface area contributed by atoms with E-state index in [9.17, 15) is 14.4 Å². The fourth-order valence-electron chi connectivity index (χ4n) is 2.09. The highest BCUT2D eigenvalue weighted by Gasteiger charge is 2.18. The van der Waals surface area contributed by atoms with Crippen molar-refractivity contribution in [1.29, 1.82) is 0 Å². The highest BCUT2D eigenvalue weighted by atomic mass is 16.2. The molecule has 0 saturated carbocycles. The summed E-state index contributed by atoms with van der Waals surface area (Å²) in [6.07, 6.45) is 1.48. The second kappa shape index (κ2) is 6.51. The van der Waals surface area contributed by atoms with Gasteiger partial charge in [0.2, 0.25) is 5.91 Å². The van der Waals surface area contributed by atoms with Gasteiger partial charge in [-0.05, 0) is 7.05 Å². The van der Waals surface area contributed by atoms with Crippen LogP contribution in [0.1, 0.15) is 12.5 Å². The van der Waals surface area contributed by atoms with E-state index in [0.29, 0.717) is 12.1 Å². The Morgan fingerprint density at radius 1 is 1.40 bits per heavy atom. The van der Waals surface area contributed by atoms with Crippen LogP contribution in [0.15, 0.2) is 15.8 Å². The number of hydrogen-bond donors (Lipinski definition) is 1. The average molecular weight is 282 g/mol. The van der Waals surface area contributed by atoms with Crippen LogP contribution in [0.3, 0.4) is 0 Å². The van der Waals surface area contributed by atoms with Crippen molar-refractivity contribution < 1.29 is 4.79 Å². The van der Waals surface area contributed by atoms with Gasteiger partial charge in [-0.15, -0.1) is 0 Å². The highest BCUT2D eigenvalue weighted by molar-refractivity contribution is 5.78. The SMILES string of the molecule is CNCC(C)C(=O)N(C)Cc1cn(C)c(=O)n(C)c1=O. The maximum Gasteiger partial charge on any atom is 0.330 e. The van der Waals surface area contributed by atoms with E-state index in [1.165, 1.54) is 22.7 Å². The lowest BCUT2D eigenvalue weighted by atomic mass is 10.1. The van der Waals surface area contributed by atoms with Crippen LogP contribution in [0, 0.1) is 5.92 Å². The van der Waals surface area contributed by atoms with Crippen LogP contribution in [0.2, 0.25) is 0 Å². The molecule has 7 nitrogen and oxygen atoms in total. The van der Waals surface area contributed by atoms with Crippen LogP contribution in [-0.2, 0) is 25.4 Å². The van der Waals surface area contributed by atoms with Crippen LogP contribution >= 0.6 is 0 Å². The summed E-state index contributed by atoms with van der Waals surface area (Å²) in [4.78, 5) is 37.2. The van der Waals surface area contributed by atoms with Crippen molar-refractivity contribution >= 4 is 5.91 Å². The molecule has 0 spiro atoms. The Kier molecular flexibility index (Phi) is 5.26. The van der Waals surface area contributed by atoms with Crippen LogP contribution in [0.5, 0.6) is 0 Å². The van der Waals surface area contributed by atoms with Gasteiger partial charge in [0.05, 0.1) is 12.1 Å². The first-order valence-electron chi connectivity index (χ1n) is 6.44. The fraction of sp³-hybridized carbons (Fsp3) is 0.615. The van der Waals surface area contributed by atoms with Gasteiger partial charge in [-0.1, -0.05) is 6.92 Å². The third-order valence-electron chi connectivity index (χ3n) is 3.23. The Morgan fingerprint density at radius 3 is 2.55 bits per heavy atom. The van der Waals surface area contributed by atoms with E-state index in [4.69, 9.17) is 0 Å². The summed E-state index contributed by atoms with van der Waals surface area (Å²) in [7, 11) is 6.45. The van der Waals surface area contributed by atoms with E-state index in [0.717, 1.165) is 4.57 Å². The van der Waals surface area contributed by atoms with Gasteiger partial charge < -0.3 is 14.8 Å². The van der Waals surface area contributed by atoms with Crippen LogP contribution in [0.4, 0.5) is 0 Å². The first-order chi connectivity index (χ1) is 9.29. The number of hydrogen-bond acceptors (Lipinski definition) is 4. The lowest BCUT2D eigenvalue weighted by molar-refractivity contribution is -0.134. The monoisotopic (exact) mass is 282 g/mol. The van der Waals surface area contributed by atoms with Crippen molar-refractivity contribution in [2.75, 3.05) is 20.6 Å². The molecule has 1 atom stereocenters. The summed E-state index contributed by atoms with van der Waals surface area (Å²) in [5.41, 5.74) is -0.326. The molecule has 0 aliphatic heterocycles. The lowest BCUT2D eigenvalue weighted by Crippen LogP contribution is -2.41. The minimum Gasteiger partial charge on any atom is -0.341 e. The summed E-state index contributed by atoms with van der Waals surface area (Å²) in [6.45, 7) is 2.59. The van der Waals surface area contributed by atoms with Crippen molar-refractivity contribution in [3.63, 3.8) is 0 Å². The number of amides is 1. The first-order valence-corrected chi connectivity index (χ1v) is 6.44. The molecule has 1 unspecified atom stereocenters. The molecule has 0 radical (unpaired) electrons. The molecular formula is C13H22N4O3. The van der Waals surface area contributed by atoms with Gasteiger partial charge in [-0.3, -0.25) is 14.2 Å². The van der Waals surface area contributed by atoms with Gasteiger partial charge >= 0.3 is 5.69 Å². The molecule has 1 N–H and O–H groups in total. The Bertz CT molecular complexity index is 603. The third kappa shape index (κ3) is 3.36. The summed E-state index contributed by atoms with van der Waals surface area (Å²) in [5.74, 6) is -0.211. The second-order valence-electron chi connectivity index (χ2n) is 5.07. The summed E-state index contributed by atoms with van der Waals surface area (Å²) < 4.78 is 2.39. The number of carbonyl (C=O) groups is 1. The molecule has 112 valence electrons. The molecule has 7 heteroatoms. The predicted octanol–water partition coefficient (Wildman–Crippen LogP) is -1.10. The number of aromatic nitrogens is 2. The topological polar surface area (TPSA) is 76.3 Å². The molecule has 1 amide bonds. The van der Waals surface area contributed by atoms with Gasteiger partial charge in [0, 0.05) is 39.8 Å². The molecule has 0 fully saturated rings. The molecule has 1 heterocycles. The molecular weight excluding hydrogens is 260 g/mol. The van der Waals surface area contributed by atoms with Crippen LogP contribution in [-0.4, -0.2) is 40.6 Å². The molecule has 0 aliphatic carbocycles. The Labute approximate surface area is 117 Å². The standard InChI is InChI=1S/C13H22N4O3/c1-9(6-14-2)11(18)15(3)7-10-8-16(4)13(20)17(5)12(10)19/h8-9,14H,6-7H2,1-5H3. The van der Waals surface area contributed by atoms with Crippen molar-refractivity contribution in [2.24, 2.45) is 20.0 Å². The maximum absolute atomic E-state index is 12.1. The average Bonchev–Trinajstić information content (AvgIpc) is 2.41. The van der Waals surface area contributed by atoms with Crippen molar-refractivity contribution in [3.8, 4) is 0 Å². The van der Waals surface area contributed by atoms with E-state index >= 15 is 0 Å². The van der Waals surface area contributed by atoms with Crippen molar-refractivity contribution in [1.82, 2.24) is 19.4 Å². The lowest BCUT2D eigenvalue weighted by Gasteiger charge is -2.21. The number of rotatable bonds is 5. The second-order valence-corrected chi connectivity index (χ2v) is 5.07. The zero-order chi connectivity index (χ0) is 15.4. The fourth-order valence-corrected chi connectivity index (χ4v) is 2.09. The van der Waals surface area contributed by atoms with Gasteiger partial charge in [0.1, 0.15) is 0 Å². The van der Waals surface area contributed by atoms with Crippen molar-refractivity contribution in [3.05, 3.63) is 32.6 Å². The summed E-state index contributed by atoms with van der Waals surface area (Å²) >= 11 is 0. The zero-order valence-electron chi connectivity index (χ0n) is 12.6. The molecule has 1 rings (SSSR count). The van der Waals surface area contributed by atoms with E-state index in [1.807, 2.05) is 6.92 Å². The maximum atomic E-state index is 12.1. The number of carbonyl (C=O) groups excluding carboxylic acids is 1. The molecule has 1 aromatic heterocycles. The van der Waals surface area contributed by atoms with E-state index in [1.54, 1.807) is 21.1 Å². The van der Waals surface area contributed by atoms with Gasteiger partial charge in [-0.2, -0.15) is 0 Å². The summed E-state index contributed by atoms with van der Waals surface area (Å²) in [6, 6.07) is 0. The number of aryl methyl sites for hydroxylation is 1. The molecule has 20 heavy (non-hydrogen) atoms. The van der Waals surface area contributed by atoms with E-state index in [-0.39, 0.29) is 29.6 Å². The minimum absolute atomic E-state index is 0.0461. The third-order valence-corrected chi connectivity index (χ3v) is 3.23. The minimum atomic E-state index is -0.378. The Balaban J connectivity index is 2.97. The van der Waals surface area contributed by atoms with Crippen molar-refractivity contribution in [2.45, 2.75) is 13.5 Å². The van der Waals surface area contributed by atoms with E-state index in [2.05, 4.69) is 5.32 Å². The molecule has 0 saturated heterocycles. The van der Waals surface area contributed by atoms with E-state index < -0.39 is 0 Å². The summed E-state index contributed by atoms with van der Waals surface area (Å²) in [5, 5.41) is 2.95. The van der Waals surface area contributed by atoms with Gasteiger partial charge in [-0.25, -0.2) is 4.79 Å². The smallest absolute Gasteiger partial charge is 0.330 e. The first kappa shape index (κ1) is 16.2. The van der Waals surface area contributed by atoms with Crippen LogP contribution < -0.4 is 16.6 Å². The zero-order valence-corrected chi connectivity index (χ0v) is 12.6. The predicted molar refractivity (Wildman–Crippen MR) is 76.5 cm³/mol. The number of nitrogens with one attached hydrogen (secondary N) is 1. The normalized spacial score (nSPS) is 12.2. The van der Waals surface area contributed by atoms with Gasteiger partial charge in [0.15, 0.2) is 0 Å².